The largest absolute Gasteiger partial charge is 0.380 e. The fourth-order valence-corrected chi connectivity index (χ4v) is 3.32. The van der Waals surface area contributed by atoms with Crippen LogP contribution in [0.5, 0.6) is 0 Å². The van der Waals surface area contributed by atoms with Crippen molar-refractivity contribution in [1.29, 1.82) is 0 Å². The molecule has 3 nitrogen and oxygen atoms in total. The molecule has 2 rings (SSSR count). The third-order valence-electron chi connectivity index (χ3n) is 4.44. The molecule has 0 aromatic heterocycles. The highest BCUT2D eigenvalue weighted by Crippen LogP contribution is 2.28. The molecular formula is C18H30N2O. The summed E-state index contributed by atoms with van der Waals surface area (Å²) in [6.45, 7) is 9.75. The number of benzene rings is 1. The molecule has 0 bridgehead atoms. The number of nitrogens with one attached hydrogen (secondary N) is 1. The van der Waals surface area contributed by atoms with E-state index in [9.17, 15) is 0 Å². The van der Waals surface area contributed by atoms with E-state index in [0.29, 0.717) is 24.6 Å². The lowest BCUT2D eigenvalue weighted by atomic mass is 9.95. The molecular weight excluding hydrogens is 260 g/mol. The second-order valence-corrected chi connectivity index (χ2v) is 6.42. The van der Waals surface area contributed by atoms with Gasteiger partial charge >= 0.3 is 0 Å². The van der Waals surface area contributed by atoms with Gasteiger partial charge in [0.1, 0.15) is 0 Å². The fraction of sp³-hybridized carbons (Fsp3) is 0.667. The summed E-state index contributed by atoms with van der Waals surface area (Å²) in [5.74, 6) is 0.635. The van der Waals surface area contributed by atoms with Crippen molar-refractivity contribution in [3.63, 3.8) is 0 Å². The average molecular weight is 290 g/mol. The van der Waals surface area contributed by atoms with Gasteiger partial charge in [0.2, 0.25) is 0 Å². The molecule has 1 N–H and O–H groups in total. The molecule has 3 heteroatoms. The van der Waals surface area contributed by atoms with E-state index in [2.05, 4.69) is 55.3 Å². The number of nitrogens with zero attached hydrogens (tertiary/aromatic N) is 1. The van der Waals surface area contributed by atoms with Crippen molar-refractivity contribution >= 4 is 5.69 Å². The third kappa shape index (κ3) is 3.98. The minimum absolute atomic E-state index is 0.552. The molecule has 1 aromatic rings. The Morgan fingerprint density at radius 3 is 2.76 bits per heavy atom. The fourth-order valence-electron chi connectivity index (χ4n) is 3.32. The Morgan fingerprint density at radius 2 is 2.10 bits per heavy atom. The number of hydrogen-bond donors (Lipinski definition) is 1. The highest BCUT2D eigenvalue weighted by Gasteiger charge is 2.30. The van der Waals surface area contributed by atoms with Gasteiger partial charge in [-0.05, 0) is 18.4 Å². The van der Waals surface area contributed by atoms with Crippen LogP contribution in [-0.4, -0.2) is 32.3 Å². The standard InChI is InChI=1S/C18H30N2O/c1-5-8-16-12-20(18(11-19-16)14(2)3)17-10-7-6-9-15(17)13-21-4/h6-7,9-10,14,16,18-19H,5,8,11-13H2,1-4H3. The van der Waals surface area contributed by atoms with Crippen molar-refractivity contribution in [3.8, 4) is 0 Å². The molecule has 1 fully saturated rings. The molecule has 0 saturated carbocycles. The Bertz CT molecular complexity index is 433. The zero-order valence-corrected chi connectivity index (χ0v) is 13.9. The van der Waals surface area contributed by atoms with E-state index >= 15 is 0 Å². The summed E-state index contributed by atoms with van der Waals surface area (Å²) in [4.78, 5) is 2.61. The van der Waals surface area contributed by atoms with E-state index < -0.39 is 0 Å². The van der Waals surface area contributed by atoms with Gasteiger partial charge in [0.15, 0.2) is 0 Å². The summed E-state index contributed by atoms with van der Waals surface area (Å²) in [5.41, 5.74) is 2.64. The molecule has 1 aliphatic heterocycles. The summed E-state index contributed by atoms with van der Waals surface area (Å²) in [5, 5.41) is 3.73. The molecule has 0 spiro atoms. The average Bonchev–Trinajstić information content (AvgIpc) is 2.48. The molecule has 21 heavy (non-hydrogen) atoms. The van der Waals surface area contributed by atoms with Crippen LogP contribution in [0.4, 0.5) is 5.69 Å². The molecule has 1 saturated heterocycles. The highest BCUT2D eigenvalue weighted by molar-refractivity contribution is 5.55. The number of anilines is 1. The first-order valence-corrected chi connectivity index (χ1v) is 8.24. The predicted octanol–water partition coefficient (Wildman–Crippen LogP) is 3.44. The van der Waals surface area contributed by atoms with Crippen molar-refractivity contribution in [2.24, 2.45) is 5.92 Å². The highest BCUT2D eigenvalue weighted by atomic mass is 16.5. The number of para-hydroxylation sites is 1. The smallest absolute Gasteiger partial charge is 0.0733 e. The molecule has 0 amide bonds. The number of rotatable bonds is 6. The van der Waals surface area contributed by atoms with Gasteiger partial charge in [-0.1, -0.05) is 45.4 Å². The first-order chi connectivity index (χ1) is 10.2. The van der Waals surface area contributed by atoms with Gasteiger partial charge in [-0.15, -0.1) is 0 Å². The zero-order chi connectivity index (χ0) is 15.2. The minimum Gasteiger partial charge on any atom is -0.380 e. The number of methoxy groups -OCH3 is 1. The van der Waals surface area contributed by atoms with E-state index in [1.54, 1.807) is 7.11 Å². The quantitative estimate of drug-likeness (QED) is 0.868. The van der Waals surface area contributed by atoms with E-state index in [1.807, 2.05) is 0 Å². The summed E-state index contributed by atoms with van der Waals surface area (Å²) >= 11 is 0. The molecule has 1 aromatic carbocycles. The normalized spacial score (nSPS) is 22.8. The monoisotopic (exact) mass is 290 g/mol. The SMILES string of the molecule is CCCC1CN(c2ccccc2COC)C(C(C)C)CN1. The Hall–Kier alpha value is -1.06. The van der Waals surface area contributed by atoms with Crippen molar-refractivity contribution in [2.45, 2.75) is 52.3 Å². The molecule has 1 aliphatic rings. The van der Waals surface area contributed by atoms with Gasteiger partial charge in [-0.25, -0.2) is 0 Å². The van der Waals surface area contributed by atoms with Crippen LogP contribution in [0.1, 0.15) is 39.2 Å². The van der Waals surface area contributed by atoms with Gasteiger partial charge < -0.3 is 15.0 Å². The second-order valence-electron chi connectivity index (χ2n) is 6.42. The van der Waals surface area contributed by atoms with Crippen molar-refractivity contribution in [3.05, 3.63) is 29.8 Å². The van der Waals surface area contributed by atoms with Gasteiger partial charge in [-0.3, -0.25) is 0 Å². The van der Waals surface area contributed by atoms with Gasteiger partial charge in [0.05, 0.1) is 6.61 Å². The van der Waals surface area contributed by atoms with Crippen LogP contribution in [0, 0.1) is 5.92 Å². The number of piperazine rings is 1. The Morgan fingerprint density at radius 1 is 1.33 bits per heavy atom. The maximum Gasteiger partial charge on any atom is 0.0733 e. The molecule has 0 radical (unpaired) electrons. The first kappa shape index (κ1) is 16.3. The number of ether oxygens (including phenoxy) is 1. The van der Waals surface area contributed by atoms with Crippen LogP contribution in [0.25, 0.3) is 0 Å². The Balaban J connectivity index is 2.26. The molecule has 0 aliphatic carbocycles. The minimum atomic E-state index is 0.552. The summed E-state index contributed by atoms with van der Waals surface area (Å²) in [6, 6.07) is 9.83. The maximum atomic E-state index is 5.39. The lowest BCUT2D eigenvalue weighted by molar-refractivity contribution is 0.184. The van der Waals surface area contributed by atoms with E-state index in [0.717, 1.165) is 13.1 Å². The molecule has 118 valence electrons. The van der Waals surface area contributed by atoms with Crippen LogP contribution in [0.15, 0.2) is 24.3 Å². The van der Waals surface area contributed by atoms with Gasteiger partial charge in [0, 0.05) is 43.5 Å². The first-order valence-electron chi connectivity index (χ1n) is 8.24. The van der Waals surface area contributed by atoms with Crippen LogP contribution in [-0.2, 0) is 11.3 Å². The lowest BCUT2D eigenvalue weighted by Gasteiger charge is -2.44. The molecule has 1 heterocycles. The van der Waals surface area contributed by atoms with Crippen molar-refractivity contribution in [1.82, 2.24) is 5.32 Å². The van der Waals surface area contributed by atoms with Gasteiger partial charge in [-0.2, -0.15) is 0 Å². The summed E-state index contributed by atoms with van der Waals surface area (Å²) < 4.78 is 5.39. The second kappa shape index (κ2) is 7.81. The van der Waals surface area contributed by atoms with Crippen LogP contribution in [0.3, 0.4) is 0 Å². The topological polar surface area (TPSA) is 24.5 Å². The lowest BCUT2D eigenvalue weighted by Crippen LogP contribution is -2.58. The van der Waals surface area contributed by atoms with E-state index in [4.69, 9.17) is 4.74 Å². The maximum absolute atomic E-state index is 5.39. The number of hydrogen-bond acceptors (Lipinski definition) is 3. The Kier molecular flexibility index (Phi) is 6.07. The van der Waals surface area contributed by atoms with E-state index in [-0.39, 0.29) is 0 Å². The van der Waals surface area contributed by atoms with Crippen molar-refractivity contribution in [2.75, 3.05) is 25.1 Å². The van der Waals surface area contributed by atoms with E-state index in [1.165, 1.54) is 24.1 Å². The van der Waals surface area contributed by atoms with Crippen LogP contribution < -0.4 is 10.2 Å². The third-order valence-corrected chi connectivity index (χ3v) is 4.44. The summed E-state index contributed by atoms with van der Waals surface area (Å²) in [7, 11) is 1.77. The van der Waals surface area contributed by atoms with Crippen LogP contribution in [0.2, 0.25) is 0 Å². The molecule has 2 atom stereocenters. The zero-order valence-electron chi connectivity index (χ0n) is 13.9. The van der Waals surface area contributed by atoms with Crippen LogP contribution >= 0.6 is 0 Å². The van der Waals surface area contributed by atoms with Gasteiger partial charge in [0.25, 0.3) is 0 Å². The summed E-state index contributed by atoms with van der Waals surface area (Å²) in [6.07, 6.45) is 2.48. The van der Waals surface area contributed by atoms with Crippen molar-refractivity contribution < 1.29 is 4.74 Å². The molecule has 2 unspecified atom stereocenters. The predicted molar refractivity (Wildman–Crippen MR) is 89.8 cm³/mol. The Labute approximate surface area is 129 Å².